The van der Waals surface area contributed by atoms with Gasteiger partial charge in [0.15, 0.2) is 0 Å². The smallest absolute Gasteiger partial charge is 0.0165 e. The van der Waals surface area contributed by atoms with Crippen molar-refractivity contribution in [1.82, 2.24) is 0 Å². The van der Waals surface area contributed by atoms with E-state index in [1.807, 2.05) is 5.57 Å². The molecule has 5 unspecified atom stereocenters. The molecule has 0 heteroatoms. The normalized spacial score (nSPS) is 66.3. The molecule has 0 aliphatic heterocycles. The minimum absolute atomic E-state index is 1.08. The molecule has 0 N–H and O–H groups in total. The van der Waals surface area contributed by atoms with Crippen LogP contribution in [0.1, 0.15) is 32.1 Å². The highest BCUT2D eigenvalue weighted by Gasteiger charge is 2.60. The second-order valence-corrected chi connectivity index (χ2v) is 6.69. The van der Waals surface area contributed by atoms with Gasteiger partial charge in [-0.15, -0.1) is 0 Å². The maximum absolute atomic E-state index is 2.69. The van der Waals surface area contributed by atoms with Gasteiger partial charge in [0, 0.05) is 0 Å². The van der Waals surface area contributed by atoms with Crippen LogP contribution >= 0.6 is 0 Å². The molecule has 0 radical (unpaired) electrons. The van der Waals surface area contributed by atoms with Crippen molar-refractivity contribution in [3.63, 3.8) is 0 Å². The monoisotopic (exact) mass is 186 g/mol. The molecule has 5 saturated carbocycles. The maximum atomic E-state index is 2.69. The molecule has 0 amide bonds. The van der Waals surface area contributed by atoms with Gasteiger partial charge >= 0.3 is 0 Å². The molecule has 0 nitrogen and oxygen atoms in total. The lowest BCUT2D eigenvalue weighted by Crippen LogP contribution is -2.25. The Morgan fingerprint density at radius 3 is 2.36 bits per heavy atom. The van der Waals surface area contributed by atoms with Crippen molar-refractivity contribution in [3.05, 3.63) is 11.6 Å². The molecule has 74 valence electrons. The van der Waals surface area contributed by atoms with Gasteiger partial charge in [0.1, 0.15) is 0 Å². The SMILES string of the molecule is C1=C2CC3C1C3CC2C1CC2CC1C2. The Balaban J connectivity index is 1.50. The second kappa shape index (κ2) is 1.99. The van der Waals surface area contributed by atoms with E-state index in [2.05, 4.69) is 6.08 Å². The van der Waals surface area contributed by atoms with Crippen LogP contribution in [0.4, 0.5) is 0 Å². The lowest BCUT2D eigenvalue weighted by molar-refractivity contribution is 0.220. The standard InChI is InChI=1S/C14H18/c1-7-2-8(1)10(3-7)11-6-14-12-4-9(11)5-13(12)14/h4,7-8,10-14H,1-3,5-6H2. The van der Waals surface area contributed by atoms with Gasteiger partial charge in [-0.2, -0.15) is 0 Å². The van der Waals surface area contributed by atoms with E-state index >= 15 is 0 Å². The van der Waals surface area contributed by atoms with Crippen molar-refractivity contribution < 1.29 is 0 Å². The van der Waals surface area contributed by atoms with E-state index < -0.39 is 0 Å². The Kier molecular flexibility index (Phi) is 1.00. The molecule has 7 aliphatic rings. The first kappa shape index (κ1) is 7.09. The highest BCUT2D eigenvalue weighted by molar-refractivity contribution is 5.32. The summed E-state index contributed by atoms with van der Waals surface area (Å²) in [6, 6.07) is 0. The van der Waals surface area contributed by atoms with Gasteiger partial charge in [-0.25, -0.2) is 0 Å². The average Bonchev–Trinajstić information content (AvgIpc) is 2.64. The summed E-state index contributed by atoms with van der Waals surface area (Å²) < 4.78 is 0. The van der Waals surface area contributed by atoms with Crippen LogP contribution in [0.25, 0.3) is 0 Å². The maximum Gasteiger partial charge on any atom is -0.0165 e. The Labute approximate surface area is 85.8 Å². The Bertz CT molecular complexity index is 334. The first-order valence-corrected chi connectivity index (χ1v) is 6.61. The van der Waals surface area contributed by atoms with Crippen LogP contribution in [-0.4, -0.2) is 0 Å². The van der Waals surface area contributed by atoms with Gasteiger partial charge in [-0.3, -0.25) is 0 Å². The molecule has 0 aromatic carbocycles. The van der Waals surface area contributed by atoms with Crippen molar-refractivity contribution in [2.45, 2.75) is 32.1 Å². The van der Waals surface area contributed by atoms with Crippen LogP contribution in [0, 0.1) is 41.4 Å². The fraction of sp³-hybridized carbons (Fsp3) is 0.857. The predicted octanol–water partition coefficient (Wildman–Crippen LogP) is 3.24. The van der Waals surface area contributed by atoms with E-state index in [0.29, 0.717) is 0 Å². The van der Waals surface area contributed by atoms with Gasteiger partial charge < -0.3 is 0 Å². The van der Waals surface area contributed by atoms with E-state index in [1.165, 1.54) is 18.3 Å². The van der Waals surface area contributed by atoms with Crippen molar-refractivity contribution in [1.29, 1.82) is 0 Å². The fourth-order valence-corrected chi connectivity index (χ4v) is 5.50. The summed E-state index contributed by atoms with van der Waals surface area (Å²) in [5.74, 6) is 7.95. The fourth-order valence-electron chi connectivity index (χ4n) is 5.50. The molecule has 0 heterocycles. The van der Waals surface area contributed by atoms with Crippen molar-refractivity contribution >= 4 is 0 Å². The molecule has 7 rings (SSSR count). The Hall–Kier alpha value is -0.260. The molecule has 5 fully saturated rings. The van der Waals surface area contributed by atoms with Crippen molar-refractivity contribution in [3.8, 4) is 0 Å². The van der Waals surface area contributed by atoms with E-state index in [0.717, 1.165) is 29.6 Å². The summed E-state index contributed by atoms with van der Waals surface area (Å²) in [5, 5.41) is 0. The Morgan fingerprint density at radius 1 is 0.929 bits per heavy atom. The van der Waals surface area contributed by atoms with E-state index in [9.17, 15) is 0 Å². The Morgan fingerprint density at radius 2 is 1.86 bits per heavy atom. The number of rotatable bonds is 1. The molecule has 5 atom stereocenters. The number of allylic oxidation sites excluding steroid dienone is 2. The average molecular weight is 186 g/mol. The number of fused-ring (bicyclic) bond motifs is 3. The highest BCUT2D eigenvalue weighted by atomic mass is 14.6. The van der Waals surface area contributed by atoms with Crippen LogP contribution in [-0.2, 0) is 0 Å². The van der Waals surface area contributed by atoms with Crippen molar-refractivity contribution in [2.75, 3.05) is 0 Å². The first-order chi connectivity index (χ1) is 6.90. The topological polar surface area (TPSA) is 0 Å². The van der Waals surface area contributed by atoms with Gasteiger partial charge in [0.05, 0.1) is 0 Å². The number of hydrogen-bond acceptors (Lipinski definition) is 0. The van der Waals surface area contributed by atoms with Crippen molar-refractivity contribution in [2.24, 2.45) is 41.4 Å². The summed E-state index contributed by atoms with van der Waals surface area (Å²) in [6.45, 7) is 0. The minimum Gasteiger partial charge on any atom is -0.0813 e. The molecule has 0 saturated heterocycles. The third-order valence-corrected chi connectivity index (χ3v) is 6.28. The first-order valence-electron chi connectivity index (χ1n) is 6.61. The van der Waals surface area contributed by atoms with Gasteiger partial charge in [-0.1, -0.05) is 11.6 Å². The largest absolute Gasteiger partial charge is 0.0813 e. The highest BCUT2D eigenvalue weighted by Crippen LogP contribution is 2.69. The van der Waals surface area contributed by atoms with E-state index in [-0.39, 0.29) is 0 Å². The molecule has 6 bridgehead atoms. The molecule has 0 aromatic heterocycles. The minimum atomic E-state index is 1.08. The summed E-state index contributed by atoms with van der Waals surface area (Å²) in [4.78, 5) is 0. The third kappa shape index (κ3) is 0.647. The molecule has 7 aliphatic carbocycles. The lowest BCUT2D eigenvalue weighted by Gasteiger charge is -2.34. The third-order valence-electron chi connectivity index (χ3n) is 6.28. The van der Waals surface area contributed by atoms with Crippen LogP contribution in [0.15, 0.2) is 11.6 Å². The molecular weight excluding hydrogens is 168 g/mol. The number of hydrogen-bond donors (Lipinski definition) is 0. The van der Waals surface area contributed by atoms with Crippen LogP contribution in [0.2, 0.25) is 0 Å². The van der Waals surface area contributed by atoms with Gasteiger partial charge in [-0.05, 0) is 73.5 Å². The zero-order valence-electron chi connectivity index (χ0n) is 8.65. The van der Waals surface area contributed by atoms with Gasteiger partial charge in [0.2, 0.25) is 0 Å². The zero-order valence-corrected chi connectivity index (χ0v) is 8.65. The van der Waals surface area contributed by atoms with E-state index in [1.54, 1.807) is 25.7 Å². The summed E-state index contributed by atoms with van der Waals surface area (Å²) in [7, 11) is 0. The second-order valence-electron chi connectivity index (χ2n) is 6.69. The molecule has 14 heavy (non-hydrogen) atoms. The lowest BCUT2D eigenvalue weighted by atomic mass is 9.71. The molecule has 0 aromatic rings. The summed E-state index contributed by atoms with van der Waals surface area (Å²) in [6.07, 6.45) is 10.6. The zero-order chi connectivity index (χ0) is 8.86. The predicted molar refractivity (Wildman–Crippen MR) is 55.6 cm³/mol. The van der Waals surface area contributed by atoms with E-state index in [4.69, 9.17) is 0 Å². The summed E-state index contributed by atoms with van der Waals surface area (Å²) >= 11 is 0. The van der Waals surface area contributed by atoms with Gasteiger partial charge in [0.25, 0.3) is 0 Å². The molecular formula is C14H18. The van der Waals surface area contributed by atoms with Crippen LogP contribution in [0.3, 0.4) is 0 Å². The molecule has 0 spiro atoms. The van der Waals surface area contributed by atoms with Crippen LogP contribution in [0.5, 0.6) is 0 Å². The quantitative estimate of drug-likeness (QED) is 0.551. The summed E-state index contributed by atoms with van der Waals surface area (Å²) in [5.41, 5.74) is 1.92. The van der Waals surface area contributed by atoms with Crippen LogP contribution < -0.4 is 0 Å².